The minimum atomic E-state index is 0.0432. The maximum Gasteiger partial charge on any atom is 0.254 e. The Morgan fingerprint density at radius 1 is 1.68 bits per heavy atom. The summed E-state index contributed by atoms with van der Waals surface area (Å²) in [5, 5.41) is 10.5. The van der Waals surface area contributed by atoms with E-state index in [0.29, 0.717) is 31.7 Å². The van der Waals surface area contributed by atoms with E-state index >= 15 is 0 Å². The molecular formula is C14H17NO3S. The highest BCUT2D eigenvalue weighted by molar-refractivity contribution is 7.10. The first-order valence-corrected chi connectivity index (χ1v) is 7.18. The molecule has 1 unspecified atom stereocenters. The quantitative estimate of drug-likeness (QED) is 0.831. The molecular weight excluding hydrogens is 262 g/mol. The second-order valence-corrected chi connectivity index (χ2v) is 5.32. The highest BCUT2D eigenvalue weighted by Gasteiger charge is 2.22. The zero-order chi connectivity index (χ0) is 13.7. The largest absolute Gasteiger partial charge is 0.395 e. The predicted octanol–water partition coefficient (Wildman–Crippen LogP) is 1.34. The van der Waals surface area contributed by atoms with Crippen molar-refractivity contribution in [1.82, 2.24) is 4.90 Å². The number of rotatable bonds is 2. The van der Waals surface area contributed by atoms with Crippen LogP contribution in [0.15, 0.2) is 11.4 Å². The number of aliphatic hydroxyl groups excluding tert-OH is 1. The Hall–Kier alpha value is -1.35. The lowest BCUT2D eigenvalue weighted by atomic mass is 10.2. The van der Waals surface area contributed by atoms with Crippen molar-refractivity contribution in [3.63, 3.8) is 0 Å². The van der Waals surface area contributed by atoms with Gasteiger partial charge in [-0.05, 0) is 13.0 Å². The van der Waals surface area contributed by atoms with Gasteiger partial charge in [0.25, 0.3) is 5.91 Å². The number of thiophene rings is 1. The number of morpholine rings is 1. The predicted molar refractivity (Wildman–Crippen MR) is 74.2 cm³/mol. The molecule has 1 N–H and O–H groups in total. The van der Waals surface area contributed by atoms with Crippen molar-refractivity contribution in [1.29, 1.82) is 0 Å². The summed E-state index contributed by atoms with van der Waals surface area (Å²) in [7, 11) is 0. The summed E-state index contributed by atoms with van der Waals surface area (Å²) in [5.74, 6) is 5.84. The van der Waals surface area contributed by atoms with Gasteiger partial charge in [0.2, 0.25) is 0 Å². The molecule has 19 heavy (non-hydrogen) atoms. The number of hydrogen-bond donors (Lipinski definition) is 1. The van der Waals surface area contributed by atoms with Gasteiger partial charge >= 0.3 is 0 Å². The minimum Gasteiger partial charge on any atom is -0.395 e. The first kappa shape index (κ1) is 14.1. The van der Waals surface area contributed by atoms with Gasteiger partial charge in [0.05, 0.1) is 29.8 Å². The van der Waals surface area contributed by atoms with Crippen LogP contribution in [0.5, 0.6) is 0 Å². The zero-order valence-electron chi connectivity index (χ0n) is 10.9. The lowest BCUT2D eigenvalue weighted by Gasteiger charge is -2.30. The highest BCUT2D eigenvalue weighted by Crippen LogP contribution is 2.17. The Bertz CT molecular complexity index is 500. The fourth-order valence-electron chi connectivity index (χ4n) is 1.90. The van der Waals surface area contributed by atoms with Crippen LogP contribution in [0.4, 0.5) is 0 Å². The van der Waals surface area contributed by atoms with Crippen LogP contribution in [-0.4, -0.2) is 48.3 Å². The maximum atomic E-state index is 12.3. The molecule has 1 fully saturated rings. The first-order valence-electron chi connectivity index (χ1n) is 6.30. The standard InChI is InChI=1S/C14H17NO3S/c1-11-9-15(5-7-18-11)14(17)12-8-13(19-10-12)4-2-3-6-16/h8,10-11,16H,3,5-7,9H2,1H3. The molecule has 2 heterocycles. The van der Waals surface area contributed by atoms with Crippen molar-refractivity contribution in [3.05, 3.63) is 21.9 Å². The lowest BCUT2D eigenvalue weighted by Crippen LogP contribution is -2.44. The molecule has 1 aliphatic rings. The van der Waals surface area contributed by atoms with Gasteiger partial charge in [-0.1, -0.05) is 11.8 Å². The summed E-state index contributed by atoms with van der Waals surface area (Å²) in [4.78, 5) is 15.0. The van der Waals surface area contributed by atoms with Gasteiger partial charge in [-0.3, -0.25) is 4.79 Å². The molecule has 1 amide bonds. The molecule has 1 aliphatic heterocycles. The van der Waals surface area contributed by atoms with E-state index in [2.05, 4.69) is 11.8 Å². The second-order valence-electron chi connectivity index (χ2n) is 4.41. The smallest absolute Gasteiger partial charge is 0.254 e. The summed E-state index contributed by atoms with van der Waals surface area (Å²) in [6.07, 6.45) is 0.558. The molecule has 102 valence electrons. The molecule has 0 aromatic carbocycles. The van der Waals surface area contributed by atoms with Crippen LogP contribution in [0, 0.1) is 11.8 Å². The fraction of sp³-hybridized carbons (Fsp3) is 0.500. The van der Waals surface area contributed by atoms with Crippen molar-refractivity contribution in [2.24, 2.45) is 0 Å². The average molecular weight is 279 g/mol. The van der Waals surface area contributed by atoms with Crippen LogP contribution >= 0.6 is 11.3 Å². The van der Waals surface area contributed by atoms with E-state index in [4.69, 9.17) is 9.84 Å². The van der Waals surface area contributed by atoms with E-state index in [1.807, 2.05) is 23.3 Å². The highest BCUT2D eigenvalue weighted by atomic mass is 32.1. The molecule has 1 saturated heterocycles. The number of nitrogens with zero attached hydrogens (tertiary/aromatic N) is 1. The summed E-state index contributed by atoms with van der Waals surface area (Å²) in [6.45, 7) is 3.92. The molecule has 1 atom stereocenters. The van der Waals surface area contributed by atoms with Gasteiger partial charge in [0.15, 0.2) is 0 Å². The number of amides is 1. The zero-order valence-corrected chi connectivity index (χ0v) is 11.7. The molecule has 0 radical (unpaired) electrons. The topological polar surface area (TPSA) is 49.8 Å². The Balaban J connectivity index is 2.02. The SMILES string of the molecule is CC1CN(C(=O)c2csc(C#CCCO)c2)CCO1. The monoisotopic (exact) mass is 279 g/mol. The van der Waals surface area contributed by atoms with Crippen molar-refractivity contribution < 1.29 is 14.6 Å². The molecule has 5 heteroatoms. The summed E-state index contributed by atoms with van der Waals surface area (Å²) < 4.78 is 5.43. The number of carbonyl (C=O) groups is 1. The molecule has 1 aromatic heterocycles. The molecule has 0 spiro atoms. The number of carbonyl (C=O) groups excluding carboxylic acids is 1. The average Bonchev–Trinajstić information content (AvgIpc) is 2.87. The molecule has 2 rings (SSSR count). The molecule has 0 bridgehead atoms. The van der Waals surface area contributed by atoms with Gasteiger partial charge in [0, 0.05) is 24.9 Å². The van der Waals surface area contributed by atoms with E-state index < -0.39 is 0 Å². The third-order valence-corrected chi connectivity index (χ3v) is 3.67. The van der Waals surface area contributed by atoms with Crippen LogP contribution in [0.25, 0.3) is 0 Å². The van der Waals surface area contributed by atoms with Crippen LogP contribution in [0.3, 0.4) is 0 Å². The van der Waals surface area contributed by atoms with Crippen LogP contribution in [0.2, 0.25) is 0 Å². The third kappa shape index (κ3) is 3.80. The summed E-state index contributed by atoms with van der Waals surface area (Å²) >= 11 is 1.46. The first-order chi connectivity index (χ1) is 9.20. The van der Waals surface area contributed by atoms with Crippen molar-refractivity contribution in [2.45, 2.75) is 19.4 Å². The van der Waals surface area contributed by atoms with Crippen molar-refractivity contribution >= 4 is 17.2 Å². The third-order valence-electron chi connectivity index (χ3n) is 2.82. The van der Waals surface area contributed by atoms with Gasteiger partial charge in [0.1, 0.15) is 0 Å². The number of aliphatic hydroxyl groups is 1. The molecule has 0 aliphatic carbocycles. The normalized spacial score (nSPS) is 18.8. The van der Waals surface area contributed by atoms with Gasteiger partial charge in [-0.25, -0.2) is 0 Å². The lowest BCUT2D eigenvalue weighted by molar-refractivity contribution is -0.0124. The molecule has 0 saturated carbocycles. The van der Waals surface area contributed by atoms with E-state index in [9.17, 15) is 4.79 Å². The van der Waals surface area contributed by atoms with E-state index in [1.54, 1.807) is 0 Å². The molecule has 4 nitrogen and oxygen atoms in total. The Morgan fingerprint density at radius 3 is 3.26 bits per heavy atom. The Labute approximate surface area is 117 Å². The minimum absolute atomic E-state index is 0.0432. The van der Waals surface area contributed by atoms with Gasteiger partial charge < -0.3 is 14.7 Å². The van der Waals surface area contributed by atoms with Gasteiger partial charge in [-0.15, -0.1) is 11.3 Å². The second kappa shape index (κ2) is 6.71. The van der Waals surface area contributed by atoms with E-state index in [1.165, 1.54) is 11.3 Å². The van der Waals surface area contributed by atoms with Crippen molar-refractivity contribution in [2.75, 3.05) is 26.3 Å². The summed E-state index contributed by atoms with van der Waals surface area (Å²) in [5.41, 5.74) is 0.687. The van der Waals surface area contributed by atoms with Crippen LogP contribution < -0.4 is 0 Å². The van der Waals surface area contributed by atoms with E-state index in [0.717, 1.165) is 4.88 Å². The van der Waals surface area contributed by atoms with Crippen molar-refractivity contribution in [3.8, 4) is 11.8 Å². The Kier molecular flexibility index (Phi) is 4.97. The fourth-order valence-corrected chi connectivity index (χ4v) is 2.65. The van der Waals surface area contributed by atoms with Crippen LogP contribution in [-0.2, 0) is 4.74 Å². The van der Waals surface area contributed by atoms with Gasteiger partial charge in [-0.2, -0.15) is 0 Å². The maximum absolute atomic E-state index is 12.3. The van der Waals surface area contributed by atoms with E-state index in [-0.39, 0.29) is 18.6 Å². The molecule has 1 aromatic rings. The number of hydrogen-bond acceptors (Lipinski definition) is 4. The number of ether oxygens (including phenoxy) is 1. The van der Waals surface area contributed by atoms with Crippen LogP contribution in [0.1, 0.15) is 28.6 Å². The Morgan fingerprint density at radius 2 is 2.53 bits per heavy atom. The summed E-state index contributed by atoms with van der Waals surface area (Å²) in [6, 6.07) is 1.82.